The minimum Gasteiger partial charge on any atom is -0.487 e. The summed E-state index contributed by atoms with van der Waals surface area (Å²) in [5.41, 5.74) is 8.94. The van der Waals surface area contributed by atoms with Gasteiger partial charge in [-0.15, -0.1) is 11.3 Å². The number of halogens is 2. The summed E-state index contributed by atoms with van der Waals surface area (Å²) in [5, 5.41) is 12.7. The molecule has 1 heterocycles. The van der Waals surface area contributed by atoms with Crippen molar-refractivity contribution in [2.45, 2.75) is 13.5 Å². The first-order valence-electron chi connectivity index (χ1n) is 13.7. The van der Waals surface area contributed by atoms with Gasteiger partial charge < -0.3 is 10.1 Å². The van der Waals surface area contributed by atoms with E-state index in [1.807, 2.05) is 53.9 Å². The van der Waals surface area contributed by atoms with E-state index in [1.165, 1.54) is 27.7 Å². The van der Waals surface area contributed by atoms with Crippen LogP contribution in [-0.4, -0.2) is 17.1 Å². The zero-order valence-corrected chi connectivity index (χ0v) is 27.5. The summed E-state index contributed by atoms with van der Waals surface area (Å²) in [6, 6.07) is 33.8. The topological polar surface area (TPSA) is 75.6 Å². The van der Waals surface area contributed by atoms with Crippen molar-refractivity contribution in [2.75, 3.05) is 5.32 Å². The van der Waals surface area contributed by atoms with E-state index in [-0.39, 0.29) is 5.91 Å². The van der Waals surface area contributed by atoms with Crippen LogP contribution in [0.15, 0.2) is 123 Å². The van der Waals surface area contributed by atoms with Gasteiger partial charge in [-0.3, -0.25) is 4.79 Å². The molecule has 0 saturated heterocycles. The molecule has 0 atom stereocenters. The SMILES string of the molecule is Cc1ccc(Nc2nc(-c3ccc(C(=O)N/N=C\c4cc(Br)c(OCc5ccc6ccccc6c5)c(Br)c4)cc3)cs2)cc1. The third-order valence-corrected chi connectivity index (χ3v) is 8.78. The summed E-state index contributed by atoms with van der Waals surface area (Å²) in [5.74, 6) is 0.388. The molecule has 218 valence electrons. The van der Waals surface area contributed by atoms with E-state index in [4.69, 9.17) is 4.74 Å². The molecule has 0 fully saturated rings. The minimum atomic E-state index is -0.304. The zero-order chi connectivity index (χ0) is 30.5. The predicted molar refractivity (Wildman–Crippen MR) is 187 cm³/mol. The number of hydrogen-bond donors (Lipinski definition) is 2. The lowest BCUT2D eigenvalue weighted by atomic mass is 10.1. The van der Waals surface area contributed by atoms with Gasteiger partial charge in [0, 0.05) is 22.2 Å². The summed E-state index contributed by atoms with van der Waals surface area (Å²) in [6.45, 7) is 2.49. The second-order valence-corrected chi connectivity index (χ2v) is 12.7. The normalized spacial score (nSPS) is 11.2. The van der Waals surface area contributed by atoms with Crippen molar-refractivity contribution in [1.82, 2.24) is 10.4 Å². The summed E-state index contributed by atoms with van der Waals surface area (Å²) < 4.78 is 7.66. The smallest absolute Gasteiger partial charge is 0.271 e. The lowest BCUT2D eigenvalue weighted by Gasteiger charge is -2.12. The standard InChI is InChI=1S/C35H26Br2N4O2S/c1-22-6-14-29(15-7-22)39-35-40-32(21-44-35)26-10-12-27(13-11-26)34(42)41-38-19-24-17-30(36)33(31(37)18-24)43-20-23-8-9-25-4-2-3-5-28(25)16-23/h2-19,21H,20H2,1H3,(H,39,40)(H,41,42)/b38-19-. The highest BCUT2D eigenvalue weighted by Gasteiger charge is 2.11. The number of aromatic nitrogens is 1. The molecule has 9 heteroatoms. The Balaban J connectivity index is 1.04. The fourth-order valence-corrected chi connectivity index (χ4v) is 6.71. The number of carbonyl (C=O) groups excluding carboxylic acids is 1. The number of nitrogens with one attached hydrogen (secondary N) is 2. The van der Waals surface area contributed by atoms with Crippen molar-refractivity contribution < 1.29 is 9.53 Å². The maximum absolute atomic E-state index is 12.7. The number of hydrazone groups is 1. The van der Waals surface area contributed by atoms with Gasteiger partial charge in [0.1, 0.15) is 12.4 Å². The number of hydrogen-bond acceptors (Lipinski definition) is 6. The van der Waals surface area contributed by atoms with Crippen LogP contribution in [0.5, 0.6) is 5.75 Å². The number of amides is 1. The van der Waals surface area contributed by atoms with Gasteiger partial charge in [0.05, 0.1) is 20.9 Å². The van der Waals surface area contributed by atoms with Crippen LogP contribution in [0, 0.1) is 6.92 Å². The highest BCUT2D eigenvalue weighted by atomic mass is 79.9. The Hall–Kier alpha value is -4.31. The molecule has 2 N–H and O–H groups in total. The van der Waals surface area contributed by atoms with E-state index in [0.717, 1.165) is 42.1 Å². The molecule has 6 nitrogen and oxygen atoms in total. The molecular weight excluding hydrogens is 700 g/mol. The number of fused-ring (bicyclic) bond motifs is 1. The first kappa shape index (κ1) is 29.7. The van der Waals surface area contributed by atoms with E-state index < -0.39 is 0 Å². The molecule has 1 amide bonds. The molecule has 0 aliphatic carbocycles. The fourth-order valence-electron chi connectivity index (χ4n) is 4.52. The highest BCUT2D eigenvalue weighted by Crippen LogP contribution is 2.35. The van der Waals surface area contributed by atoms with Crippen molar-refractivity contribution in [3.8, 4) is 17.0 Å². The Bertz CT molecular complexity index is 1950. The summed E-state index contributed by atoms with van der Waals surface area (Å²) in [4.78, 5) is 17.4. The number of carbonyl (C=O) groups is 1. The number of rotatable bonds is 9. The van der Waals surface area contributed by atoms with Crippen molar-refractivity contribution >= 4 is 76.9 Å². The molecule has 6 rings (SSSR count). The molecule has 0 spiro atoms. The average Bonchev–Trinajstić information content (AvgIpc) is 3.50. The lowest BCUT2D eigenvalue weighted by molar-refractivity contribution is 0.0955. The molecule has 1 aromatic heterocycles. The van der Waals surface area contributed by atoms with Crippen LogP contribution in [0.2, 0.25) is 0 Å². The maximum Gasteiger partial charge on any atom is 0.271 e. The van der Waals surface area contributed by atoms with Crippen LogP contribution in [0.1, 0.15) is 27.0 Å². The lowest BCUT2D eigenvalue weighted by Crippen LogP contribution is -2.17. The number of nitrogens with zero attached hydrogens (tertiary/aromatic N) is 2. The number of benzene rings is 5. The first-order chi connectivity index (χ1) is 21.4. The third-order valence-electron chi connectivity index (χ3n) is 6.85. The van der Waals surface area contributed by atoms with E-state index in [0.29, 0.717) is 17.9 Å². The molecule has 0 aliphatic heterocycles. The summed E-state index contributed by atoms with van der Waals surface area (Å²) >= 11 is 8.74. The first-order valence-corrected chi connectivity index (χ1v) is 16.2. The van der Waals surface area contributed by atoms with Gasteiger partial charge in [0.15, 0.2) is 5.13 Å². The molecule has 0 saturated carbocycles. The van der Waals surface area contributed by atoms with Crippen LogP contribution in [0.3, 0.4) is 0 Å². The Kier molecular flexibility index (Phi) is 9.16. The van der Waals surface area contributed by atoms with Crippen LogP contribution >= 0.6 is 43.2 Å². The van der Waals surface area contributed by atoms with Crippen LogP contribution in [0.4, 0.5) is 10.8 Å². The van der Waals surface area contributed by atoms with Gasteiger partial charge in [-0.25, -0.2) is 10.4 Å². The van der Waals surface area contributed by atoms with Gasteiger partial charge in [-0.2, -0.15) is 5.10 Å². The zero-order valence-electron chi connectivity index (χ0n) is 23.6. The minimum absolute atomic E-state index is 0.304. The predicted octanol–water partition coefficient (Wildman–Crippen LogP) is 9.88. The molecule has 0 aliphatic rings. The Morgan fingerprint density at radius 3 is 2.39 bits per heavy atom. The molecule has 0 radical (unpaired) electrons. The maximum atomic E-state index is 12.7. The van der Waals surface area contributed by atoms with Crippen LogP contribution in [-0.2, 0) is 6.61 Å². The van der Waals surface area contributed by atoms with E-state index in [2.05, 4.69) is 102 Å². The quantitative estimate of drug-likeness (QED) is 0.115. The van der Waals surface area contributed by atoms with Gasteiger partial charge in [0.25, 0.3) is 5.91 Å². The van der Waals surface area contributed by atoms with Gasteiger partial charge >= 0.3 is 0 Å². The van der Waals surface area contributed by atoms with Crippen LogP contribution in [0.25, 0.3) is 22.0 Å². The molecule has 6 aromatic rings. The Labute approximate surface area is 276 Å². The molecular formula is C35H26Br2N4O2S. The second-order valence-electron chi connectivity index (χ2n) is 10.1. The molecule has 0 bridgehead atoms. The largest absolute Gasteiger partial charge is 0.487 e. The van der Waals surface area contributed by atoms with Crippen molar-refractivity contribution in [1.29, 1.82) is 0 Å². The monoisotopic (exact) mass is 724 g/mol. The van der Waals surface area contributed by atoms with Crippen molar-refractivity contribution in [3.63, 3.8) is 0 Å². The molecule has 0 unspecified atom stereocenters. The number of thiazole rings is 1. The van der Waals surface area contributed by atoms with Gasteiger partial charge in [-0.05, 0) is 103 Å². The summed E-state index contributed by atoms with van der Waals surface area (Å²) in [6.07, 6.45) is 1.59. The second kappa shape index (κ2) is 13.5. The Morgan fingerprint density at radius 2 is 1.64 bits per heavy atom. The number of anilines is 2. The van der Waals surface area contributed by atoms with Gasteiger partial charge in [0.2, 0.25) is 0 Å². The molecule has 44 heavy (non-hydrogen) atoms. The van der Waals surface area contributed by atoms with E-state index in [1.54, 1.807) is 18.3 Å². The van der Waals surface area contributed by atoms with Gasteiger partial charge in [-0.1, -0.05) is 66.2 Å². The fraction of sp³-hybridized carbons (Fsp3) is 0.0571. The Morgan fingerprint density at radius 1 is 0.909 bits per heavy atom. The van der Waals surface area contributed by atoms with Crippen LogP contribution < -0.4 is 15.5 Å². The van der Waals surface area contributed by atoms with E-state index >= 15 is 0 Å². The average molecular weight is 726 g/mol. The summed E-state index contributed by atoms with van der Waals surface area (Å²) in [7, 11) is 0. The number of aryl methyl sites for hydroxylation is 1. The third kappa shape index (κ3) is 7.24. The molecule has 5 aromatic carbocycles. The van der Waals surface area contributed by atoms with E-state index in [9.17, 15) is 4.79 Å². The highest BCUT2D eigenvalue weighted by molar-refractivity contribution is 9.11. The van der Waals surface area contributed by atoms with Crippen molar-refractivity contribution in [3.05, 3.63) is 140 Å². The van der Waals surface area contributed by atoms with Crippen molar-refractivity contribution in [2.24, 2.45) is 5.10 Å². The number of ether oxygens (including phenoxy) is 1.